The van der Waals surface area contributed by atoms with Crippen LogP contribution in [0, 0.1) is 11.8 Å². The van der Waals surface area contributed by atoms with Gasteiger partial charge >= 0.3 is 24.4 Å². The number of nitrogens with two attached hydrogens (primary N) is 1. The molecule has 0 aliphatic heterocycles. The summed E-state index contributed by atoms with van der Waals surface area (Å²) in [7, 11) is 1.19. The van der Waals surface area contributed by atoms with Gasteiger partial charge in [-0.2, -0.15) is 0 Å². The maximum absolute atomic E-state index is 12.8. The standard InChI is InChI=1S/C31H49NO11/c1-11-12-20(6)38-28(34)39-21(7)16-31(32,27(33)37-10)17-24-13-14-25(42-29(35)40-22(8)18(2)3)26(15-24)43-30(36)41-23(9)19(4)5/h13-15,18-23H,11-12,16-17,32H2,1-10H3/t20-,21-,22?,23?,31?/m0/s1. The normalized spacial score (nSPS) is 15.4. The van der Waals surface area contributed by atoms with Gasteiger partial charge in [-0.1, -0.05) is 47.1 Å². The molecule has 0 aliphatic carbocycles. The third-order valence-corrected chi connectivity index (χ3v) is 6.89. The molecule has 5 atom stereocenters. The molecule has 1 aromatic carbocycles. The van der Waals surface area contributed by atoms with Gasteiger partial charge in [0, 0.05) is 12.8 Å². The molecule has 0 aliphatic rings. The van der Waals surface area contributed by atoms with Crippen molar-refractivity contribution >= 4 is 24.4 Å². The van der Waals surface area contributed by atoms with Crippen molar-refractivity contribution in [2.24, 2.45) is 17.6 Å². The van der Waals surface area contributed by atoms with E-state index in [0.29, 0.717) is 12.0 Å². The van der Waals surface area contributed by atoms with Crippen molar-refractivity contribution in [1.29, 1.82) is 0 Å². The zero-order valence-electron chi connectivity index (χ0n) is 27.1. The smallest absolute Gasteiger partial charge is 0.468 e. The number of rotatable bonds is 15. The van der Waals surface area contributed by atoms with Gasteiger partial charge in [0.2, 0.25) is 0 Å². The summed E-state index contributed by atoms with van der Waals surface area (Å²) in [6.07, 6.45) is -3.61. The minimum atomic E-state index is -1.65. The van der Waals surface area contributed by atoms with Crippen molar-refractivity contribution in [2.45, 2.75) is 118 Å². The van der Waals surface area contributed by atoms with Crippen molar-refractivity contribution < 1.29 is 52.3 Å². The van der Waals surface area contributed by atoms with Crippen LogP contribution in [-0.2, 0) is 34.9 Å². The fraction of sp³-hybridized carbons (Fsp3) is 0.677. The lowest BCUT2D eigenvalue weighted by Gasteiger charge is -2.29. The van der Waals surface area contributed by atoms with E-state index in [1.165, 1.54) is 19.2 Å². The summed E-state index contributed by atoms with van der Waals surface area (Å²) >= 11 is 0. The van der Waals surface area contributed by atoms with Crippen LogP contribution in [0.4, 0.5) is 14.4 Å². The summed E-state index contributed by atoms with van der Waals surface area (Å²) in [5.41, 5.74) is 5.29. The molecule has 0 saturated carbocycles. The molecule has 1 rings (SSSR count). The molecule has 2 N–H and O–H groups in total. The third kappa shape index (κ3) is 13.1. The molecular weight excluding hydrogens is 562 g/mol. The first kappa shape index (κ1) is 37.5. The molecule has 0 radical (unpaired) electrons. The molecule has 3 unspecified atom stereocenters. The Kier molecular flexibility index (Phi) is 15.3. The van der Waals surface area contributed by atoms with Crippen LogP contribution in [-0.4, -0.2) is 61.5 Å². The highest BCUT2D eigenvalue weighted by molar-refractivity contribution is 5.81. The Balaban J connectivity index is 3.26. The van der Waals surface area contributed by atoms with Crippen molar-refractivity contribution in [1.82, 2.24) is 0 Å². The first-order valence-electron chi connectivity index (χ1n) is 14.7. The van der Waals surface area contributed by atoms with Crippen molar-refractivity contribution in [3.63, 3.8) is 0 Å². The fourth-order valence-electron chi connectivity index (χ4n) is 3.80. The van der Waals surface area contributed by atoms with Crippen LogP contribution in [0.25, 0.3) is 0 Å². The predicted octanol–water partition coefficient (Wildman–Crippen LogP) is 6.34. The highest BCUT2D eigenvalue weighted by Gasteiger charge is 2.38. The lowest BCUT2D eigenvalue weighted by atomic mass is 9.86. The minimum Gasteiger partial charge on any atom is -0.468 e. The lowest BCUT2D eigenvalue weighted by Crippen LogP contribution is -2.53. The fourth-order valence-corrected chi connectivity index (χ4v) is 3.80. The molecule has 0 aromatic heterocycles. The molecule has 12 heteroatoms. The number of ether oxygens (including phenoxy) is 7. The molecule has 12 nitrogen and oxygen atoms in total. The van der Waals surface area contributed by atoms with Gasteiger partial charge in [0.05, 0.1) is 7.11 Å². The SMILES string of the molecule is CCC[C@H](C)OC(=O)O[C@@H](C)CC(N)(Cc1ccc(OC(=O)OC(C)C(C)C)c(OC(=O)OC(C)C(C)C)c1)C(=O)OC. The summed E-state index contributed by atoms with van der Waals surface area (Å²) in [6, 6.07) is 4.32. The first-order valence-corrected chi connectivity index (χ1v) is 14.7. The maximum atomic E-state index is 12.8. The quantitative estimate of drug-likeness (QED) is 0.133. The largest absolute Gasteiger partial charge is 0.514 e. The number of hydrogen-bond donors (Lipinski definition) is 1. The van der Waals surface area contributed by atoms with Crippen LogP contribution in [0.15, 0.2) is 18.2 Å². The van der Waals surface area contributed by atoms with Gasteiger partial charge in [0.15, 0.2) is 11.5 Å². The molecule has 0 fully saturated rings. The Morgan fingerprint density at radius 3 is 1.74 bits per heavy atom. The average Bonchev–Trinajstić information content (AvgIpc) is 2.88. The molecule has 0 amide bonds. The zero-order valence-corrected chi connectivity index (χ0v) is 27.1. The van der Waals surface area contributed by atoms with E-state index in [0.717, 1.165) is 6.42 Å². The van der Waals surface area contributed by atoms with E-state index in [9.17, 15) is 19.2 Å². The van der Waals surface area contributed by atoms with E-state index >= 15 is 0 Å². The van der Waals surface area contributed by atoms with Crippen LogP contribution >= 0.6 is 0 Å². The molecule has 1 aromatic rings. The number of benzene rings is 1. The molecule has 0 bridgehead atoms. The number of hydrogen-bond acceptors (Lipinski definition) is 12. The van der Waals surface area contributed by atoms with E-state index < -0.39 is 48.3 Å². The molecule has 0 spiro atoms. The molecular formula is C31H49NO11. The van der Waals surface area contributed by atoms with Gasteiger partial charge in [-0.3, -0.25) is 4.79 Å². The van der Waals surface area contributed by atoms with Gasteiger partial charge in [0.25, 0.3) is 0 Å². The topological polar surface area (TPSA) is 159 Å². The van der Waals surface area contributed by atoms with E-state index in [2.05, 4.69) is 0 Å². The van der Waals surface area contributed by atoms with Crippen molar-refractivity contribution in [3.05, 3.63) is 23.8 Å². The second kappa shape index (κ2) is 17.5. The summed E-state index contributed by atoms with van der Waals surface area (Å²) in [5, 5.41) is 0. The van der Waals surface area contributed by atoms with Gasteiger partial charge < -0.3 is 38.9 Å². The molecule has 244 valence electrons. The lowest BCUT2D eigenvalue weighted by molar-refractivity contribution is -0.148. The number of carbonyl (C=O) groups excluding carboxylic acids is 4. The number of methoxy groups -OCH3 is 1. The Morgan fingerprint density at radius 1 is 0.744 bits per heavy atom. The van der Waals surface area contributed by atoms with Gasteiger partial charge in [-0.05, 0) is 63.6 Å². The van der Waals surface area contributed by atoms with E-state index in [-0.39, 0.29) is 42.3 Å². The summed E-state index contributed by atoms with van der Waals surface area (Å²) in [4.78, 5) is 50.0. The van der Waals surface area contributed by atoms with Crippen molar-refractivity contribution in [2.75, 3.05) is 7.11 Å². The Labute approximate surface area is 254 Å². The van der Waals surface area contributed by atoms with Crippen LogP contribution in [0.1, 0.15) is 87.1 Å². The van der Waals surface area contributed by atoms with Gasteiger partial charge in [-0.15, -0.1) is 0 Å². The molecule has 0 saturated heterocycles. The summed E-state index contributed by atoms with van der Waals surface area (Å²) in [5.74, 6) is -0.953. The maximum Gasteiger partial charge on any atom is 0.514 e. The second-order valence-electron chi connectivity index (χ2n) is 11.5. The highest BCUT2D eigenvalue weighted by Crippen LogP contribution is 2.32. The Morgan fingerprint density at radius 2 is 1.26 bits per heavy atom. The Hall–Kier alpha value is -3.54. The van der Waals surface area contributed by atoms with Crippen LogP contribution in [0.3, 0.4) is 0 Å². The highest BCUT2D eigenvalue weighted by atomic mass is 16.8. The predicted molar refractivity (Wildman–Crippen MR) is 158 cm³/mol. The first-order chi connectivity index (χ1) is 20.0. The minimum absolute atomic E-state index is 0.0244. The van der Waals surface area contributed by atoms with E-state index in [1.807, 2.05) is 34.6 Å². The molecule has 0 heterocycles. The Bertz CT molecular complexity index is 1070. The zero-order chi connectivity index (χ0) is 32.9. The average molecular weight is 612 g/mol. The van der Waals surface area contributed by atoms with Crippen LogP contribution in [0.2, 0.25) is 0 Å². The summed E-state index contributed by atoms with van der Waals surface area (Å²) < 4.78 is 36.9. The van der Waals surface area contributed by atoms with Gasteiger partial charge in [0.1, 0.15) is 30.0 Å². The number of esters is 1. The van der Waals surface area contributed by atoms with Gasteiger partial charge in [-0.25, -0.2) is 14.4 Å². The number of carbonyl (C=O) groups is 4. The third-order valence-electron chi connectivity index (χ3n) is 6.89. The van der Waals surface area contributed by atoms with Crippen LogP contribution in [0.5, 0.6) is 11.5 Å². The van der Waals surface area contributed by atoms with E-state index in [4.69, 9.17) is 38.9 Å². The van der Waals surface area contributed by atoms with Crippen LogP contribution < -0.4 is 15.2 Å². The second-order valence-corrected chi connectivity index (χ2v) is 11.5. The van der Waals surface area contributed by atoms with Crippen molar-refractivity contribution in [3.8, 4) is 11.5 Å². The van der Waals surface area contributed by atoms with E-state index in [1.54, 1.807) is 33.8 Å². The summed E-state index contributed by atoms with van der Waals surface area (Å²) in [6.45, 7) is 16.3. The monoisotopic (exact) mass is 611 g/mol. The molecule has 43 heavy (non-hydrogen) atoms.